The Morgan fingerprint density at radius 1 is 0.889 bits per heavy atom. The summed E-state index contributed by atoms with van der Waals surface area (Å²) in [6.07, 6.45) is 0. The molecular weight excluding hydrogens is 342 g/mol. The molecule has 0 aromatic carbocycles. The van der Waals surface area contributed by atoms with Crippen molar-refractivity contribution in [1.29, 1.82) is 0 Å². The third-order valence-electron chi connectivity index (χ3n) is 0. The Morgan fingerprint density at radius 3 is 0.889 bits per heavy atom. The molecule has 9 heavy (non-hydrogen) atoms. The van der Waals surface area contributed by atoms with E-state index in [2.05, 4.69) is 10.6 Å². The van der Waals surface area contributed by atoms with Crippen LogP contribution in [0.4, 0.5) is 0 Å². The van der Waals surface area contributed by atoms with Crippen molar-refractivity contribution in [2.45, 2.75) is 0 Å². The molecule has 62 valence electrons. The summed E-state index contributed by atoms with van der Waals surface area (Å²) in [6.45, 7) is 0. The van der Waals surface area contributed by atoms with Crippen molar-refractivity contribution in [3.05, 3.63) is 10.6 Å². The summed E-state index contributed by atoms with van der Waals surface area (Å²) in [5.74, 6) is 0. The molecule has 0 aliphatic rings. The molecule has 0 aromatic heterocycles. The van der Waals surface area contributed by atoms with Gasteiger partial charge in [-0.3, -0.25) is 0 Å². The Labute approximate surface area is 74.1 Å². The van der Waals surface area contributed by atoms with Crippen LogP contribution in [-0.4, -0.2) is 28.2 Å². The van der Waals surface area contributed by atoms with Gasteiger partial charge in [-0.15, -0.1) is 0 Å². The van der Waals surface area contributed by atoms with Crippen molar-refractivity contribution >= 4 is 18.8 Å². The first-order chi connectivity index (χ1) is 4.24. The van der Waals surface area contributed by atoms with E-state index in [9.17, 15) is 0 Å². The van der Waals surface area contributed by atoms with Gasteiger partial charge in [-0.1, -0.05) is 0 Å². The van der Waals surface area contributed by atoms with Crippen molar-refractivity contribution < 1.29 is 16.5 Å². The van der Waals surface area contributed by atoms with E-state index in [1.165, 1.54) is 0 Å². The number of nitrogens with zero attached hydrogens (tertiary/aromatic N) is 2. The first-order valence-corrected chi connectivity index (χ1v) is 7.66. The molecule has 0 aliphatic heterocycles. The predicted octanol–water partition coefficient (Wildman–Crippen LogP) is 2.62. The molecule has 0 aromatic rings. The molecule has 0 saturated heterocycles. The van der Waals surface area contributed by atoms with Gasteiger partial charge in [0.05, 0.1) is 0 Å². The molecule has 2 nitrogen and oxygen atoms in total. The van der Waals surface area contributed by atoms with E-state index in [-0.39, 0.29) is 0 Å². The van der Waals surface area contributed by atoms with Gasteiger partial charge in [0.15, 0.2) is 0 Å². The van der Waals surface area contributed by atoms with Crippen molar-refractivity contribution in [3.8, 4) is 0 Å². The quantitative estimate of drug-likeness (QED) is 0.640. The van der Waals surface area contributed by atoms with E-state index in [0.29, 0.717) is 0 Å². The van der Waals surface area contributed by atoms with Crippen LogP contribution < -0.4 is 0 Å². The van der Waals surface area contributed by atoms with Crippen LogP contribution in [0.2, 0.25) is 0 Å². The van der Waals surface area contributed by atoms with E-state index < -0.39 is 16.5 Å². The SMILES string of the molecule is C[N-]C.C[N-]C.[Cl][Pt+2][Cl]. The predicted molar refractivity (Wildman–Crippen MR) is 42.1 cm³/mol. The summed E-state index contributed by atoms with van der Waals surface area (Å²) in [5, 5.41) is 7.00. The molecule has 0 heterocycles. The van der Waals surface area contributed by atoms with Crippen LogP contribution in [0.1, 0.15) is 0 Å². The van der Waals surface area contributed by atoms with Crippen LogP contribution in [0.25, 0.3) is 10.6 Å². The van der Waals surface area contributed by atoms with Gasteiger partial charge < -0.3 is 10.6 Å². The van der Waals surface area contributed by atoms with Crippen LogP contribution in [0.3, 0.4) is 0 Å². The molecule has 0 N–H and O–H groups in total. The second-order valence-electron chi connectivity index (χ2n) is 0.940. The third kappa shape index (κ3) is 336. The van der Waals surface area contributed by atoms with Gasteiger partial charge in [0.1, 0.15) is 0 Å². The Morgan fingerprint density at radius 2 is 0.889 bits per heavy atom. The zero-order valence-corrected chi connectivity index (χ0v) is 9.75. The van der Waals surface area contributed by atoms with Crippen molar-refractivity contribution in [2.75, 3.05) is 28.2 Å². The van der Waals surface area contributed by atoms with E-state index in [4.69, 9.17) is 18.8 Å². The average Bonchev–Trinajstić information content (AvgIpc) is 1.70. The summed E-state index contributed by atoms with van der Waals surface area (Å²) in [6, 6.07) is 0. The molecule has 0 atom stereocenters. The first kappa shape index (κ1) is 16.6. The van der Waals surface area contributed by atoms with Gasteiger partial charge >= 0.3 is 35.3 Å². The number of rotatable bonds is 0. The third-order valence-corrected chi connectivity index (χ3v) is 0. The number of hydrogen-bond donors (Lipinski definition) is 0. The molecule has 0 amide bonds. The van der Waals surface area contributed by atoms with Gasteiger partial charge in [-0.2, -0.15) is 28.2 Å². The van der Waals surface area contributed by atoms with Gasteiger partial charge in [0.25, 0.3) is 0 Å². The van der Waals surface area contributed by atoms with Crippen LogP contribution in [-0.2, 0) is 16.5 Å². The molecule has 5 heteroatoms. The molecule has 0 unspecified atom stereocenters. The molecule has 0 aliphatic carbocycles. The van der Waals surface area contributed by atoms with Crippen molar-refractivity contribution in [3.63, 3.8) is 0 Å². The molecule has 0 rings (SSSR count). The standard InChI is InChI=1S/2C2H6N.2ClH.Pt/c2*1-3-2;;;/h2*1-2H3;2*1H;/q2*-1;;;+4/p-2. The van der Waals surface area contributed by atoms with Crippen LogP contribution in [0.15, 0.2) is 0 Å². The second kappa shape index (κ2) is 35.1. The fourth-order valence-electron chi connectivity index (χ4n) is 0. The first-order valence-electron chi connectivity index (χ1n) is 2.03. The number of halogens is 2. The number of hydrogen-bond acceptors (Lipinski definition) is 0. The normalized spacial score (nSPS) is 6.44. The molecule has 0 spiro atoms. The fourth-order valence-corrected chi connectivity index (χ4v) is 0. The van der Waals surface area contributed by atoms with Crippen LogP contribution in [0, 0.1) is 0 Å². The molecule has 0 radical (unpaired) electrons. The molecule has 0 fully saturated rings. The Bertz CT molecular complexity index is 21.3. The van der Waals surface area contributed by atoms with Gasteiger partial charge in [0.2, 0.25) is 0 Å². The molecular formula is C4H12Cl2N2Pt. The summed E-state index contributed by atoms with van der Waals surface area (Å²) in [4.78, 5) is 0. The van der Waals surface area contributed by atoms with E-state index in [1.54, 1.807) is 28.2 Å². The fraction of sp³-hybridized carbons (Fsp3) is 1.00. The topological polar surface area (TPSA) is 28.2 Å². The van der Waals surface area contributed by atoms with E-state index in [1.807, 2.05) is 0 Å². The van der Waals surface area contributed by atoms with E-state index in [0.717, 1.165) is 0 Å². The Kier molecular flexibility index (Phi) is 65.0. The van der Waals surface area contributed by atoms with E-state index >= 15 is 0 Å². The summed E-state index contributed by atoms with van der Waals surface area (Å²) in [5.41, 5.74) is 0. The van der Waals surface area contributed by atoms with Crippen molar-refractivity contribution in [1.82, 2.24) is 0 Å². The maximum atomic E-state index is 4.88. The van der Waals surface area contributed by atoms with Crippen LogP contribution >= 0.6 is 18.8 Å². The second-order valence-corrected chi connectivity index (χ2v) is 4.22. The van der Waals surface area contributed by atoms with Crippen molar-refractivity contribution in [2.24, 2.45) is 0 Å². The van der Waals surface area contributed by atoms with Gasteiger partial charge in [0, 0.05) is 0 Å². The zero-order valence-electron chi connectivity index (χ0n) is 5.97. The maximum absolute atomic E-state index is 4.88. The minimum absolute atomic E-state index is 0.472. The van der Waals surface area contributed by atoms with Crippen LogP contribution in [0.5, 0.6) is 0 Å². The Hall–Kier alpha value is 1.19. The summed E-state index contributed by atoms with van der Waals surface area (Å²) in [7, 11) is 16.8. The molecule has 0 bridgehead atoms. The monoisotopic (exact) mass is 353 g/mol. The van der Waals surface area contributed by atoms with Gasteiger partial charge in [-0.05, 0) is 0 Å². The Balaban J connectivity index is -0.0000000600. The van der Waals surface area contributed by atoms with Gasteiger partial charge in [-0.25, -0.2) is 0 Å². The minimum atomic E-state index is -0.472. The molecule has 0 saturated carbocycles. The average molecular weight is 354 g/mol. The summed E-state index contributed by atoms with van der Waals surface area (Å²) >= 11 is -0.472. The summed E-state index contributed by atoms with van der Waals surface area (Å²) < 4.78 is 0. The zero-order chi connectivity index (χ0) is 8.12.